The van der Waals surface area contributed by atoms with Crippen LogP contribution in [-0.2, 0) is 33.2 Å². The average Bonchev–Trinajstić information content (AvgIpc) is 2.82. The second-order valence-corrected chi connectivity index (χ2v) is 22.8. The standard InChI is InChI=1S/C65H113NO18/c1-3-5-7-9-11-13-15-17-19-21-22-23-24-25-27-28-30-32-34-36-38-40-42-49(70)48(66-53(71)43-41-39-37-35-33-31-29-26-20-18-16-14-12-10-8-6-4-2)47-79-63-59(77)56(74)61(51(45-68)81-63)84-65-60(78)57(75)62(52(46-69)82-65)83-64-58(76)55(73)54(72)50(44-67)80-64/h6,8,12,14,18,20,29,31-32,34,40,42,48-52,54-65,67-70,72-78H,3-5,7,9-11,13,15-17,19,21-28,30,33,35-39,41,43-47H2,1-2H3,(H,66,71)/b8-6-,14-12-,20-18-,31-29-,34-32+,42-40+. The van der Waals surface area contributed by atoms with E-state index in [9.17, 15) is 61.0 Å². The van der Waals surface area contributed by atoms with Crippen LogP contribution in [0, 0.1) is 0 Å². The molecule has 12 N–H and O–H groups in total. The van der Waals surface area contributed by atoms with E-state index < -0.39 is 124 Å². The molecule has 3 aliphatic rings. The average molecular weight is 1200 g/mol. The first-order valence-corrected chi connectivity index (χ1v) is 32.2. The number of rotatable bonds is 47. The van der Waals surface area contributed by atoms with Crippen LogP contribution in [-0.4, -0.2) is 193 Å². The van der Waals surface area contributed by atoms with Crippen molar-refractivity contribution in [3.8, 4) is 0 Å². The van der Waals surface area contributed by atoms with E-state index in [0.717, 1.165) is 70.6 Å². The maximum atomic E-state index is 13.3. The Bertz CT molecular complexity index is 1810. The molecular formula is C65H113NO18. The van der Waals surface area contributed by atoms with Crippen LogP contribution in [0.5, 0.6) is 0 Å². The van der Waals surface area contributed by atoms with Gasteiger partial charge in [0.25, 0.3) is 0 Å². The summed E-state index contributed by atoms with van der Waals surface area (Å²) in [6.07, 6.45) is 30.2. The van der Waals surface area contributed by atoms with Crippen molar-refractivity contribution in [2.45, 2.75) is 304 Å². The number of ether oxygens (including phenoxy) is 6. The number of carbonyl (C=O) groups excluding carboxylic acids is 1. The molecule has 19 heteroatoms. The van der Waals surface area contributed by atoms with E-state index in [1.807, 2.05) is 6.08 Å². The lowest BCUT2D eigenvalue weighted by Crippen LogP contribution is -2.66. The molecule has 486 valence electrons. The molecule has 19 nitrogen and oxygen atoms in total. The fourth-order valence-corrected chi connectivity index (χ4v) is 10.5. The van der Waals surface area contributed by atoms with E-state index in [1.54, 1.807) is 6.08 Å². The highest BCUT2D eigenvalue weighted by molar-refractivity contribution is 5.76. The Morgan fingerprint density at radius 1 is 0.440 bits per heavy atom. The second kappa shape index (κ2) is 47.3. The van der Waals surface area contributed by atoms with Gasteiger partial charge in [-0.2, -0.15) is 0 Å². The van der Waals surface area contributed by atoms with Crippen molar-refractivity contribution in [1.82, 2.24) is 5.32 Å². The summed E-state index contributed by atoms with van der Waals surface area (Å²) in [5, 5.41) is 120. The van der Waals surface area contributed by atoms with Gasteiger partial charge in [-0.05, 0) is 70.6 Å². The van der Waals surface area contributed by atoms with Gasteiger partial charge in [-0.1, -0.05) is 196 Å². The Kier molecular flexibility index (Phi) is 42.5. The molecule has 84 heavy (non-hydrogen) atoms. The summed E-state index contributed by atoms with van der Waals surface area (Å²) in [5.41, 5.74) is 0. The molecule has 17 atom stereocenters. The lowest BCUT2D eigenvalue weighted by Gasteiger charge is -2.48. The third-order valence-corrected chi connectivity index (χ3v) is 15.7. The molecule has 0 radical (unpaired) electrons. The molecule has 3 rings (SSSR count). The number of unbranched alkanes of at least 4 members (excludes halogenated alkanes) is 21. The summed E-state index contributed by atoms with van der Waals surface area (Å²) in [6.45, 7) is 1.57. The van der Waals surface area contributed by atoms with Crippen molar-refractivity contribution in [2.24, 2.45) is 0 Å². The van der Waals surface area contributed by atoms with Crippen molar-refractivity contribution in [1.29, 1.82) is 0 Å². The predicted octanol–water partition coefficient (Wildman–Crippen LogP) is 6.99. The van der Waals surface area contributed by atoms with Gasteiger partial charge in [0, 0.05) is 6.42 Å². The molecule has 0 spiro atoms. The summed E-state index contributed by atoms with van der Waals surface area (Å²) < 4.78 is 34.2. The predicted molar refractivity (Wildman–Crippen MR) is 323 cm³/mol. The van der Waals surface area contributed by atoms with Crippen LogP contribution < -0.4 is 5.32 Å². The van der Waals surface area contributed by atoms with E-state index in [2.05, 4.69) is 79.9 Å². The third-order valence-electron chi connectivity index (χ3n) is 15.7. The van der Waals surface area contributed by atoms with E-state index >= 15 is 0 Å². The van der Waals surface area contributed by atoms with E-state index in [0.29, 0.717) is 12.8 Å². The molecule has 0 saturated carbocycles. The molecule has 0 aromatic carbocycles. The lowest BCUT2D eigenvalue weighted by atomic mass is 9.96. The van der Waals surface area contributed by atoms with Gasteiger partial charge in [0.05, 0.1) is 38.6 Å². The first-order valence-electron chi connectivity index (χ1n) is 32.2. The highest BCUT2D eigenvalue weighted by atomic mass is 16.8. The highest BCUT2D eigenvalue weighted by Gasteiger charge is 2.53. The van der Waals surface area contributed by atoms with Crippen LogP contribution in [0.4, 0.5) is 0 Å². The highest BCUT2D eigenvalue weighted by Crippen LogP contribution is 2.33. The van der Waals surface area contributed by atoms with Gasteiger partial charge in [0.15, 0.2) is 18.9 Å². The van der Waals surface area contributed by atoms with Gasteiger partial charge >= 0.3 is 0 Å². The molecule has 3 saturated heterocycles. The lowest BCUT2D eigenvalue weighted by molar-refractivity contribution is -0.379. The van der Waals surface area contributed by atoms with E-state index in [1.165, 1.54) is 96.3 Å². The molecule has 3 heterocycles. The Balaban J connectivity index is 1.50. The van der Waals surface area contributed by atoms with Crippen molar-refractivity contribution in [3.05, 3.63) is 72.9 Å². The molecule has 0 aliphatic carbocycles. The third kappa shape index (κ3) is 30.0. The zero-order valence-electron chi connectivity index (χ0n) is 50.9. The first kappa shape index (κ1) is 75.5. The maximum Gasteiger partial charge on any atom is 0.220 e. The Labute approximate surface area is 502 Å². The molecular weight excluding hydrogens is 1080 g/mol. The van der Waals surface area contributed by atoms with E-state index in [-0.39, 0.29) is 18.9 Å². The molecule has 0 aromatic heterocycles. The van der Waals surface area contributed by atoms with Crippen LogP contribution in [0.3, 0.4) is 0 Å². The SMILES string of the molecule is CC/C=C\C/C=C\C/C=C\C/C=C\CCCCCCC(=O)NC(COC1OC(CO)C(OC2OC(CO)C(OC3OC(CO)C(O)C(O)C3O)C(O)C2O)C(O)C1O)C(O)/C=C/CC/C=C/CCCCCCCCCCCCCCCCCC. The quantitative estimate of drug-likeness (QED) is 0.0216. The summed E-state index contributed by atoms with van der Waals surface area (Å²) in [6, 6.07) is -1.01. The monoisotopic (exact) mass is 1200 g/mol. The van der Waals surface area contributed by atoms with Gasteiger partial charge in [-0.15, -0.1) is 0 Å². The van der Waals surface area contributed by atoms with Gasteiger partial charge in [0.2, 0.25) is 5.91 Å². The van der Waals surface area contributed by atoms with Crippen LogP contribution >= 0.6 is 0 Å². The van der Waals surface area contributed by atoms with Crippen LogP contribution in [0.2, 0.25) is 0 Å². The number of carbonyl (C=O) groups is 1. The normalized spacial score (nSPS) is 29.7. The van der Waals surface area contributed by atoms with Crippen molar-refractivity contribution < 1.29 is 89.4 Å². The van der Waals surface area contributed by atoms with Gasteiger partial charge in [0.1, 0.15) is 73.2 Å². The van der Waals surface area contributed by atoms with Crippen molar-refractivity contribution in [2.75, 3.05) is 26.4 Å². The number of amides is 1. The van der Waals surface area contributed by atoms with Gasteiger partial charge in [-0.3, -0.25) is 4.79 Å². The largest absolute Gasteiger partial charge is 0.394 e. The minimum atomic E-state index is -1.99. The summed E-state index contributed by atoms with van der Waals surface area (Å²) in [7, 11) is 0. The zero-order chi connectivity index (χ0) is 61.2. The number of hydrogen-bond acceptors (Lipinski definition) is 18. The Morgan fingerprint density at radius 2 is 0.833 bits per heavy atom. The van der Waals surface area contributed by atoms with Gasteiger partial charge in [-0.25, -0.2) is 0 Å². The summed E-state index contributed by atoms with van der Waals surface area (Å²) in [5.74, 6) is -0.311. The fourth-order valence-electron chi connectivity index (χ4n) is 10.5. The molecule has 0 bridgehead atoms. The minimum Gasteiger partial charge on any atom is -0.394 e. The Hall–Kier alpha value is -2.77. The maximum absolute atomic E-state index is 13.3. The number of hydrogen-bond donors (Lipinski definition) is 12. The molecule has 3 fully saturated rings. The summed E-state index contributed by atoms with van der Waals surface area (Å²) in [4.78, 5) is 13.3. The smallest absolute Gasteiger partial charge is 0.220 e. The number of nitrogens with one attached hydrogen (secondary N) is 1. The van der Waals surface area contributed by atoms with E-state index in [4.69, 9.17) is 28.4 Å². The number of aliphatic hydroxyl groups is 11. The Morgan fingerprint density at radius 3 is 1.33 bits per heavy atom. The van der Waals surface area contributed by atoms with Crippen molar-refractivity contribution in [3.63, 3.8) is 0 Å². The molecule has 0 aromatic rings. The number of allylic oxidation sites excluding steroid dienone is 11. The molecule has 17 unspecified atom stereocenters. The zero-order valence-corrected chi connectivity index (χ0v) is 50.9. The van der Waals surface area contributed by atoms with Crippen LogP contribution in [0.15, 0.2) is 72.9 Å². The molecule has 1 amide bonds. The van der Waals surface area contributed by atoms with Gasteiger partial charge < -0.3 is 89.9 Å². The molecule has 3 aliphatic heterocycles. The minimum absolute atomic E-state index is 0.204. The summed E-state index contributed by atoms with van der Waals surface area (Å²) >= 11 is 0. The number of aliphatic hydroxyl groups excluding tert-OH is 11. The van der Waals surface area contributed by atoms with Crippen LogP contribution in [0.1, 0.15) is 200 Å². The van der Waals surface area contributed by atoms with Crippen LogP contribution in [0.25, 0.3) is 0 Å². The second-order valence-electron chi connectivity index (χ2n) is 22.8. The topological polar surface area (TPSA) is 307 Å². The van der Waals surface area contributed by atoms with Crippen molar-refractivity contribution >= 4 is 5.91 Å². The first-order chi connectivity index (χ1) is 40.8. The fraction of sp³-hybridized carbons (Fsp3) is 0.800.